The van der Waals surface area contributed by atoms with Crippen molar-refractivity contribution >= 4 is 46.1 Å². The van der Waals surface area contributed by atoms with Crippen LogP contribution in [0.5, 0.6) is 0 Å². The predicted molar refractivity (Wildman–Crippen MR) is 239 cm³/mol. The number of nitrogens with zero attached hydrogens (tertiary/aromatic N) is 3. The summed E-state index contributed by atoms with van der Waals surface area (Å²) in [5, 5.41) is 5.07. The lowest BCUT2D eigenvalue weighted by Gasteiger charge is -2.39. The Balaban J connectivity index is 1.07. The van der Waals surface area contributed by atoms with Crippen LogP contribution < -0.4 is 31.8 Å². The lowest BCUT2D eigenvalue weighted by atomic mass is 9.78. The number of benzene rings is 7. The zero-order valence-corrected chi connectivity index (χ0v) is 34.6. The predicted octanol–water partition coefficient (Wildman–Crippen LogP) is 9.43. The number of fused-ring (bicyclic) bond motifs is 4. The minimum Gasteiger partial charge on any atom is -0.309 e. The van der Waals surface area contributed by atoms with Crippen molar-refractivity contribution in [3.8, 4) is 34.2 Å². The van der Waals surface area contributed by atoms with Crippen LogP contribution >= 0.6 is 14.3 Å². The fourth-order valence-corrected chi connectivity index (χ4v) is 15.9. The average Bonchev–Trinajstić information content (AvgIpc) is 3.28. The fraction of sp³-hybridized carbons (Fsp3) is 0.118. The third-order valence-corrected chi connectivity index (χ3v) is 18.6. The number of hydrogen-bond acceptors (Lipinski definition) is 5. The molecule has 0 atom stereocenters. The summed E-state index contributed by atoms with van der Waals surface area (Å²) in [5.74, 6) is 1.56. The first-order valence-corrected chi connectivity index (χ1v) is 23.1. The molecule has 0 N–H and O–H groups in total. The molecule has 8 aromatic rings. The molecule has 282 valence electrons. The van der Waals surface area contributed by atoms with E-state index in [4.69, 9.17) is 15.0 Å². The Morgan fingerprint density at radius 3 is 0.897 bits per heavy atom. The summed E-state index contributed by atoms with van der Waals surface area (Å²) in [5.41, 5.74) is 6.23. The van der Waals surface area contributed by atoms with Crippen molar-refractivity contribution in [3.05, 3.63) is 198 Å². The fourth-order valence-electron chi connectivity index (χ4n) is 9.20. The molecule has 2 aliphatic heterocycles. The van der Waals surface area contributed by atoms with Crippen molar-refractivity contribution in [1.82, 2.24) is 15.0 Å². The summed E-state index contributed by atoms with van der Waals surface area (Å²) < 4.78 is 31.1. The van der Waals surface area contributed by atoms with Crippen molar-refractivity contribution in [2.75, 3.05) is 0 Å². The van der Waals surface area contributed by atoms with Gasteiger partial charge in [0.15, 0.2) is 31.8 Å². The van der Waals surface area contributed by atoms with E-state index in [1.54, 1.807) is 0 Å². The SMILES string of the molecule is CC1(C)c2ccccc2P(=O)(c2ccc(-c3nc(-c4ccccc4)nc(-c4ccc(P5(=O)c6ccccc6C(C)(C)c6ccccc65)cc4)n3)cc2)c2ccccc21. The normalized spacial score (nSPS) is 16.3. The molecule has 58 heavy (non-hydrogen) atoms. The minimum absolute atomic E-state index is 0.285. The Bertz CT molecular complexity index is 2720. The molecule has 2 aliphatic rings. The van der Waals surface area contributed by atoms with Gasteiger partial charge in [-0.15, -0.1) is 0 Å². The highest BCUT2D eigenvalue weighted by Crippen LogP contribution is 2.54. The molecule has 1 aromatic heterocycles. The van der Waals surface area contributed by atoms with Crippen molar-refractivity contribution in [3.63, 3.8) is 0 Å². The first-order valence-electron chi connectivity index (χ1n) is 19.7. The molecule has 0 fully saturated rings. The standard InChI is InChI=1S/C51H41N3O2P2/c1-50(2)39-18-8-12-22-43(39)57(55,44-23-13-9-19-40(44)50)37-30-26-35(27-31-37)48-52-47(34-16-6-5-7-17-34)53-49(54-48)36-28-32-38(33-29-36)58(56)45-24-14-10-20-41(45)51(3,4)42-21-11-15-25-46(42)58/h5-33H,1-4H3. The van der Waals surface area contributed by atoms with E-state index in [1.165, 1.54) is 0 Å². The molecule has 0 spiro atoms. The Labute approximate surface area is 339 Å². The molecule has 0 radical (unpaired) electrons. The van der Waals surface area contributed by atoms with Crippen LogP contribution in [0.2, 0.25) is 0 Å². The van der Waals surface area contributed by atoms with Gasteiger partial charge in [-0.2, -0.15) is 0 Å². The summed E-state index contributed by atoms with van der Waals surface area (Å²) in [6.07, 6.45) is 0. The third kappa shape index (κ3) is 5.34. The largest absolute Gasteiger partial charge is 0.309 e. The van der Waals surface area contributed by atoms with E-state index in [9.17, 15) is 0 Å². The van der Waals surface area contributed by atoms with Gasteiger partial charge in [0.05, 0.1) is 0 Å². The van der Waals surface area contributed by atoms with Gasteiger partial charge in [0.1, 0.15) is 0 Å². The van der Waals surface area contributed by atoms with E-state index in [-0.39, 0.29) is 10.8 Å². The summed E-state index contributed by atoms with van der Waals surface area (Å²) in [4.78, 5) is 15.0. The number of hydrogen-bond donors (Lipinski definition) is 0. The zero-order chi connectivity index (χ0) is 39.9. The van der Waals surface area contributed by atoms with Gasteiger partial charge in [-0.3, -0.25) is 0 Å². The van der Waals surface area contributed by atoms with E-state index < -0.39 is 14.3 Å². The molecule has 0 aliphatic carbocycles. The van der Waals surface area contributed by atoms with Gasteiger partial charge in [0, 0.05) is 59.3 Å². The second-order valence-electron chi connectivity index (χ2n) is 16.3. The molecule has 0 bridgehead atoms. The van der Waals surface area contributed by atoms with Crippen LogP contribution in [0, 0.1) is 0 Å². The highest BCUT2D eigenvalue weighted by molar-refractivity contribution is 7.86. The Morgan fingerprint density at radius 2 is 0.586 bits per heavy atom. The Morgan fingerprint density at radius 1 is 0.328 bits per heavy atom. The summed E-state index contributed by atoms with van der Waals surface area (Å²) >= 11 is 0. The summed E-state index contributed by atoms with van der Waals surface area (Å²) in [7, 11) is -6.40. The van der Waals surface area contributed by atoms with Gasteiger partial charge < -0.3 is 9.13 Å². The molecular formula is C51H41N3O2P2. The first kappa shape index (κ1) is 36.4. The van der Waals surface area contributed by atoms with E-state index in [0.717, 1.165) is 70.8 Å². The van der Waals surface area contributed by atoms with E-state index in [0.29, 0.717) is 17.5 Å². The molecule has 0 saturated heterocycles. The lowest BCUT2D eigenvalue weighted by molar-refractivity contribution is 0.585. The molecule has 10 rings (SSSR count). The maximum Gasteiger partial charge on any atom is 0.171 e. The molecule has 5 nitrogen and oxygen atoms in total. The summed E-state index contributed by atoms with van der Waals surface area (Å²) in [6, 6.07) is 58.3. The number of rotatable bonds is 5. The van der Waals surface area contributed by atoms with Gasteiger partial charge in [-0.25, -0.2) is 15.0 Å². The molecule has 7 heteroatoms. The van der Waals surface area contributed by atoms with Crippen molar-refractivity contribution < 1.29 is 9.13 Å². The Hall–Kier alpha value is -5.99. The minimum atomic E-state index is -3.20. The molecular weight excluding hydrogens is 749 g/mol. The van der Waals surface area contributed by atoms with Gasteiger partial charge >= 0.3 is 0 Å². The highest BCUT2D eigenvalue weighted by atomic mass is 31.2. The van der Waals surface area contributed by atoms with Gasteiger partial charge in [0.25, 0.3) is 0 Å². The van der Waals surface area contributed by atoms with Crippen LogP contribution in [0.1, 0.15) is 49.9 Å². The highest BCUT2D eigenvalue weighted by Gasteiger charge is 2.46. The van der Waals surface area contributed by atoms with Crippen molar-refractivity contribution in [2.24, 2.45) is 0 Å². The van der Waals surface area contributed by atoms with Crippen LogP contribution in [-0.4, -0.2) is 15.0 Å². The molecule has 3 heterocycles. The van der Waals surface area contributed by atoms with Gasteiger partial charge in [-0.05, 0) is 22.3 Å². The van der Waals surface area contributed by atoms with Crippen LogP contribution in [-0.2, 0) is 20.0 Å². The average molecular weight is 790 g/mol. The zero-order valence-electron chi connectivity index (χ0n) is 32.8. The van der Waals surface area contributed by atoms with Gasteiger partial charge in [0.2, 0.25) is 0 Å². The topological polar surface area (TPSA) is 72.8 Å². The monoisotopic (exact) mass is 789 g/mol. The van der Waals surface area contributed by atoms with Crippen LogP contribution in [0.15, 0.2) is 176 Å². The van der Waals surface area contributed by atoms with Gasteiger partial charge in [-0.1, -0.05) is 204 Å². The summed E-state index contributed by atoms with van der Waals surface area (Å²) in [6.45, 7) is 8.84. The van der Waals surface area contributed by atoms with Crippen LogP contribution in [0.4, 0.5) is 0 Å². The molecule has 0 saturated carbocycles. The van der Waals surface area contributed by atoms with E-state index in [2.05, 4.69) is 52.0 Å². The lowest BCUT2D eigenvalue weighted by Crippen LogP contribution is -2.42. The van der Waals surface area contributed by atoms with Crippen molar-refractivity contribution in [2.45, 2.75) is 38.5 Å². The second kappa shape index (κ2) is 13.3. The number of aromatic nitrogens is 3. The molecule has 0 amide bonds. The third-order valence-electron chi connectivity index (χ3n) is 12.3. The van der Waals surface area contributed by atoms with E-state index in [1.807, 2.05) is 152 Å². The van der Waals surface area contributed by atoms with Crippen molar-refractivity contribution in [1.29, 1.82) is 0 Å². The first-order chi connectivity index (χ1) is 28.0. The Kier molecular flexibility index (Phi) is 8.33. The van der Waals surface area contributed by atoms with E-state index >= 15 is 9.13 Å². The molecule has 0 unspecified atom stereocenters. The maximum atomic E-state index is 15.6. The smallest absolute Gasteiger partial charge is 0.171 e. The quantitative estimate of drug-likeness (QED) is 0.163. The second-order valence-corrected chi connectivity index (χ2v) is 21.7. The maximum absolute atomic E-state index is 15.6. The van der Waals surface area contributed by atoms with Crippen LogP contribution in [0.25, 0.3) is 34.2 Å². The van der Waals surface area contributed by atoms with Crippen LogP contribution in [0.3, 0.4) is 0 Å². The molecule has 7 aromatic carbocycles.